The van der Waals surface area contributed by atoms with Crippen molar-refractivity contribution < 1.29 is 9.59 Å². The van der Waals surface area contributed by atoms with Crippen LogP contribution in [0.3, 0.4) is 0 Å². The highest BCUT2D eigenvalue weighted by molar-refractivity contribution is 6.39. The van der Waals surface area contributed by atoms with Crippen molar-refractivity contribution in [2.45, 2.75) is 13.8 Å². The Morgan fingerprint density at radius 1 is 1.12 bits per heavy atom. The summed E-state index contributed by atoms with van der Waals surface area (Å²) in [7, 11) is 0. The largest absolute Gasteiger partial charge is 0.347 e. The fourth-order valence-electron chi connectivity index (χ4n) is 1.50. The van der Waals surface area contributed by atoms with E-state index in [9.17, 15) is 9.59 Å². The number of hydrogen-bond acceptors (Lipinski definition) is 3. The van der Waals surface area contributed by atoms with Crippen LogP contribution in [-0.2, 0) is 9.59 Å². The van der Waals surface area contributed by atoms with E-state index in [1.807, 2.05) is 19.9 Å². The summed E-state index contributed by atoms with van der Waals surface area (Å²) in [5.41, 5.74) is 7.90. The lowest BCUT2D eigenvalue weighted by molar-refractivity contribution is -0.136. The summed E-state index contributed by atoms with van der Waals surface area (Å²) in [5, 5.41) is 4.95. The van der Waals surface area contributed by atoms with E-state index in [1.54, 1.807) is 12.1 Å². The van der Waals surface area contributed by atoms with E-state index >= 15 is 0 Å². The minimum absolute atomic E-state index is 0.291. The van der Waals surface area contributed by atoms with Crippen LogP contribution < -0.4 is 16.4 Å². The predicted octanol–water partition coefficient (Wildman–Crippen LogP) is 0.317. The van der Waals surface area contributed by atoms with Crippen molar-refractivity contribution in [2.24, 2.45) is 5.73 Å². The van der Waals surface area contributed by atoms with Crippen LogP contribution in [0, 0.1) is 13.8 Å². The monoisotopic (exact) mass is 235 g/mol. The van der Waals surface area contributed by atoms with E-state index in [1.165, 1.54) is 0 Å². The second kappa shape index (κ2) is 6.00. The van der Waals surface area contributed by atoms with Gasteiger partial charge in [-0.25, -0.2) is 0 Å². The Balaban J connectivity index is 2.64. The zero-order chi connectivity index (χ0) is 12.8. The molecule has 5 heteroatoms. The van der Waals surface area contributed by atoms with E-state index in [0.29, 0.717) is 18.8 Å². The Morgan fingerprint density at radius 2 is 1.71 bits per heavy atom. The van der Waals surface area contributed by atoms with Crippen LogP contribution >= 0.6 is 0 Å². The highest BCUT2D eigenvalue weighted by atomic mass is 16.2. The van der Waals surface area contributed by atoms with Crippen molar-refractivity contribution in [1.82, 2.24) is 5.32 Å². The second-order valence-electron chi connectivity index (χ2n) is 3.88. The van der Waals surface area contributed by atoms with Gasteiger partial charge in [0.25, 0.3) is 0 Å². The lowest BCUT2D eigenvalue weighted by Crippen LogP contribution is -2.37. The van der Waals surface area contributed by atoms with Crippen LogP contribution in [0.15, 0.2) is 18.2 Å². The zero-order valence-electron chi connectivity index (χ0n) is 10.0. The molecule has 0 heterocycles. The van der Waals surface area contributed by atoms with E-state index in [0.717, 1.165) is 11.1 Å². The maximum Gasteiger partial charge on any atom is 0.313 e. The molecule has 1 rings (SSSR count). The minimum Gasteiger partial charge on any atom is -0.347 e. The van der Waals surface area contributed by atoms with Crippen molar-refractivity contribution in [3.05, 3.63) is 29.3 Å². The molecular weight excluding hydrogens is 218 g/mol. The molecule has 0 saturated carbocycles. The van der Waals surface area contributed by atoms with Crippen LogP contribution in [0.5, 0.6) is 0 Å². The Kier molecular flexibility index (Phi) is 4.66. The number of amides is 2. The van der Waals surface area contributed by atoms with Gasteiger partial charge in [0.15, 0.2) is 0 Å². The van der Waals surface area contributed by atoms with Gasteiger partial charge in [-0.05, 0) is 37.1 Å². The molecule has 0 fully saturated rings. The summed E-state index contributed by atoms with van der Waals surface area (Å²) < 4.78 is 0. The first kappa shape index (κ1) is 13.2. The Labute approximate surface area is 100 Å². The average molecular weight is 235 g/mol. The third-order valence-electron chi connectivity index (χ3n) is 2.12. The number of nitrogens with one attached hydrogen (secondary N) is 2. The molecule has 1 aromatic rings. The van der Waals surface area contributed by atoms with Crippen LogP contribution in [0.4, 0.5) is 5.69 Å². The molecule has 0 aliphatic rings. The third kappa shape index (κ3) is 4.24. The minimum atomic E-state index is -0.677. The summed E-state index contributed by atoms with van der Waals surface area (Å²) in [5.74, 6) is -1.35. The highest BCUT2D eigenvalue weighted by Crippen LogP contribution is 2.13. The quantitative estimate of drug-likeness (QED) is 0.659. The number of hydrogen-bond donors (Lipinski definition) is 3. The van der Waals surface area contributed by atoms with Crippen molar-refractivity contribution in [2.75, 3.05) is 18.4 Å². The van der Waals surface area contributed by atoms with Crippen LogP contribution in [0.25, 0.3) is 0 Å². The van der Waals surface area contributed by atoms with E-state index in [-0.39, 0.29) is 0 Å². The van der Waals surface area contributed by atoms with Crippen LogP contribution in [-0.4, -0.2) is 24.9 Å². The maximum atomic E-state index is 11.5. The first-order chi connectivity index (χ1) is 8.02. The smallest absolute Gasteiger partial charge is 0.313 e. The van der Waals surface area contributed by atoms with Gasteiger partial charge in [0, 0.05) is 18.8 Å². The lowest BCUT2D eigenvalue weighted by Gasteiger charge is -2.07. The molecule has 0 spiro atoms. The molecule has 0 unspecified atom stereocenters. The molecule has 0 saturated heterocycles. The normalized spacial score (nSPS) is 9.82. The summed E-state index contributed by atoms with van der Waals surface area (Å²) in [4.78, 5) is 22.8. The van der Waals surface area contributed by atoms with Gasteiger partial charge in [-0.2, -0.15) is 0 Å². The van der Waals surface area contributed by atoms with Gasteiger partial charge in [0.2, 0.25) is 0 Å². The maximum absolute atomic E-state index is 11.5. The fourth-order valence-corrected chi connectivity index (χ4v) is 1.50. The molecule has 0 atom stereocenters. The second-order valence-corrected chi connectivity index (χ2v) is 3.88. The van der Waals surface area contributed by atoms with Gasteiger partial charge in [-0.3, -0.25) is 9.59 Å². The van der Waals surface area contributed by atoms with Crippen molar-refractivity contribution in [1.29, 1.82) is 0 Å². The molecule has 4 N–H and O–H groups in total. The standard InChI is InChI=1S/C12H17N3O2/c1-8-5-9(2)7-10(6-8)15-12(17)11(16)14-4-3-13/h5-7H,3-4,13H2,1-2H3,(H,14,16)(H,15,17). The molecule has 0 aliphatic carbocycles. The first-order valence-electron chi connectivity index (χ1n) is 5.40. The fraction of sp³-hybridized carbons (Fsp3) is 0.333. The predicted molar refractivity (Wildman–Crippen MR) is 66.6 cm³/mol. The molecule has 0 aliphatic heterocycles. The van der Waals surface area contributed by atoms with Gasteiger partial charge in [-0.1, -0.05) is 6.07 Å². The number of nitrogens with two attached hydrogens (primary N) is 1. The number of aryl methyl sites for hydroxylation is 2. The molecule has 0 aromatic heterocycles. The highest BCUT2D eigenvalue weighted by Gasteiger charge is 2.12. The number of rotatable bonds is 3. The summed E-state index contributed by atoms with van der Waals surface area (Å²) >= 11 is 0. The van der Waals surface area contributed by atoms with Gasteiger partial charge in [0.1, 0.15) is 0 Å². The van der Waals surface area contributed by atoms with Crippen molar-refractivity contribution in [3.63, 3.8) is 0 Å². The topological polar surface area (TPSA) is 84.2 Å². The number of carbonyl (C=O) groups is 2. The van der Waals surface area contributed by atoms with E-state index in [4.69, 9.17) is 5.73 Å². The SMILES string of the molecule is Cc1cc(C)cc(NC(=O)C(=O)NCCN)c1. The molecule has 1 aromatic carbocycles. The summed E-state index contributed by atoms with van der Waals surface area (Å²) in [6.45, 7) is 4.45. The van der Waals surface area contributed by atoms with Gasteiger partial charge in [0.05, 0.1) is 0 Å². The number of carbonyl (C=O) groups excluding carboxylic acids is 2. The Hall–Kier alpha value is -1.88. The molecule has 92 valence electrons. The number of anilines is 1. The van der Waals surface area contributed by atoms with Crippen LogP contribution in [0.1, 0.15) is 11.1 Å². The molecule has 0 radical (unpaired) electrons. The van der Waals surface area contributed by atoms with Crippen molar-refractivity contribution in [3.8, 4) is 0 Å². The molecular formula is C12H17N3O2. The third-order valence-corrected chi connectivity index (χ3v) is 2.12. The Bertz CT molecular complexity index is 410. The summed E-state index contributed by atoms with van der Waals surface area (Å²) in [6.07, 6.45) is 0. The first-order valence-corrected chi connectivity index (χ1v) is 5.40. The van der Waals surface area contributed by atoms with Crippen LogP contribution in [0.2, 0.25) is 0 Å². The summed E-state index contributed by atoms with van der Waals surface area (Å²) in [6, 6.07) is 5.60. The van der Waals surface area contributed by atoms with Crippen molar-refractivity contribution >= 4 is 17.5 Å². The molecule has 0 bridgehead atoms. The Morgan fingerprint density at radius 3 is 2.24 bits per heavy atom. The van der Waals surface area contributed by atoms with E-state index < -0.39 is 11.8 Å². The van der Waals surface area contributed by atoms with Gasteiger partial charge < -0.3 is 16.4 Å². The lowest BCUT2D eigenvalue weighted by atomic mass is 10.1. The molecule has 17 heavy (non-hydrogen) atoms. The zero-order valence-corrected chi connectivity index (χ0v) is 10.0. The van der Waals surface area contributed by atoms with E-state index in [2.05, 4.69) is 10.6 Å². The van der Waals surface area contributed by atoms with Gasteiger partial charge >= 0.3 is 11.8 Å². The number of benzene rings is 1. The average Bonchev–Trinajstić information content (AvgIpc) is 2.24. The molecule has 2 amide bonds. The van der Waals surface area contributed by atoms with Gasteiger partial charge in [-0.15, -0.1) is 0 Å². The molecule has 5 nitrogen and oxygen atoms in total.